The van der Waals surface area contributed by atoms with Gasteiger partial charge < -0.3 is 9.32 Å². The lowest BCUT2D eigenvalue weighted by Gasteiger charge is -2.39. The van der Waals surface area contributed by atoms with Crippen LogP contribution in [0.3, 0.4) is 0 Å². The van der Waals surface area contributed by atoms with Gasteiger partial charge in [0.05, 0.1) is 0 Å². The van der Waals surface area contributed by atoms with Gasteiger partial charge in [-0.3, -0.25) is 4.79 Å². The topological polar surface area (TPSA) is 33.5 Å². The molecule has 4 rings (SSSR count). The van der Waals surface area contributed by atoms with Crippen molar-refractivity contribution in [3.8, 4) is 11.3 Å². The highest BCUT2D eigenvalue weighted by molar-refractivity contribution is 5.77. The number of aryl methyl sites for hydroxylation is 1. The first-order chi connectivity index (χ1) is 12.7. The van der Waals surface area contributed by atoms with E-state index in [1.165, 1.54) is 18.6 Å². The fourth-order valence-electron chi connectivity index (χ4n) is 5.41. The maximum atomic E-state index is 13.1. The molecule has 2 aliphatic rings. The molecule has 2 aromatic rings. The molecule has 2 fully saturated rings. The average molecular weight is 369 g/mol. The van der Waals surface area contributed by atoms with Gasteiger partial charge in [-0.15, -0.1) is 0 Å². The Morgan fingerprint density at radius 3 is 2.63 bits per heavy atom. The summed E-state index contributed by atoms with van der Waals surface area (Å²) in [4.78, 5) is 15.0. The van der Waals surface area contributed by atoms with Gasteiger partial charge in [0, 0.05) is 31.0 Å². The minimum atomic E-state index is -0.260. The van der Waals surface area contributed by atoms with Crippen molar-refractivity contribution in [1.82, 2.24) is 4.90 Å². The number of benzene rings is 1. The van der Waals surface area contributed by atoms with Crippen LogP contribution in [0.5, 0.6) is 0 Å². The third-order valence-corrected chi connectivity index (χ3v) is 6.11. The van der Waals surface area contributed by atoms with Gasteiger partial charge in [-0.05, 0) is 66.5 Å². The molecular formula is C23H28FNO2. The summed E-state index contributed by atoms with van der Waals surface area (Å²) in [5.41, 5.74) is 1.43. The van der Waals surface area contributed by atoms with Gasteiger partial charge in [0.15, 0.2) is 0 Å². The zero-order chi connectivity index (χ0) is 19.2. The summed E-state index contributed by atoms with van der Waals surface area (Å²) in [7, 11) is 0. The molecule has 1 saturated carbocycles. The molecule has 2 atom stereocenters. The molecule has 1 aliphatic heterocycles. The number of fused-ring (bicyclic) bond motifs is 2. The van der Waals surface area contributed by atoms with Crippen molar-refractivity contribution in [3.05, 3.63) is 48.0 Å². The fraction of sp³-hybridized carbons (Fsp3) is 0.522. The maximum Gasteiger partial charge on any atom is 0.223 e. The Balaban J connectivity index is 1.38. The monoisotopic (exact) mass is 369 g/mol. The van der Waals surface area contributed by atoms with Gasteiger partial charge in [-0.1, -0.05) is 20.8 Å². The number of furan rings is 1. The first-order valence-corrected chi connectivity index (χ1v) is 9.87. The van der Waals surface area contributed by atoms with Crippen molar-refractivity contribution in [1.29, 1.82) is 0 Å². The summed E-state index contributed by atoms with van der Waals surface area (Å²) in [5, 5.41) is 0. The number of hydrogen-bond acceptors (Lipinski definition) is 2. The third-order valence-electron chi connectivity index (χ3n) is 6.11. The second kappa shape index (κ2) is 6.50. The van der Waals surface area contributed by atoms with Crippen LogP contribution in [0.4, 0.5) is 4.39 Å². The molecule has 144 valence electrons. The Morgan fingerprint density at radius 2 is 1.89 bits per heavy atom. The zero-order valence-corrected chi connectivity index (χ0v) is 16.4. The number of halogens is 1. The van der Waals surface area contributed by atoms with Gasteiger partial charge in [-0.2, -0.15) is 0 Å². The number of amides is 1. The molecule has 27 heavy (non-hydrogen) atoms. The van der Waals surface area contributed by atoms with E-state index < -0.39 is 0 Å². The second-order valence-electron chi connectivity index (χ2n) is 9.51. The molecular weight excluding hydrogens is 341 g/mol. The normalized spacial score (nSPS) is 26.4. The summed E-state index contributed by atoms with van der Waals surface area (Å²) >= 11 is 0. The summed E-state index contributed by atoms with van der Waals surface area (Å²) in [5.74, 6) is 1.49. The summed E-state index contributed by atoms with van der Waals surface area (Å²) in [6.07, 6.45) is 4.51. The predicted octanol–water partition coefficient (Wildman–Crippen LogP) is 5.45. The second-order valence-corrected chi connectivity index (χ2v) is 9.51. The molecule has 2 unspecified atom stereocenters. The highest BCUT2D eigenvalue weighted by Crippen LogP contribution is 2.52. The van der Waals surface area contributed by atoms with Gasteiger partial charge >= 0.3 is 0 Å². The van der Waals surface area contributed by atoms with Crippen molar-refractivity contribution in [2.75, 3.05) is 6.54 Å². The Labute approximate surface area is 160 Å². The minimum Gasteiger partial charge on any atom is -0.461 e. The van der Waals surface area contributed by atoms with E-state index in [9.17, 15) is 9.18 Å². The van der Waals surface area contributed by atoms with Crippen molar-refractivity contribution >= 4 is 5.91 Å². The van der Waals surface area contributed by atoms with Crippen LogP contribution in [0.15, 0.2) is 40.8 Å². The average Bonchev–Trinajstić information content (AvgIpc) is 3.14. The van der Waals surface area contributed by atoms with Crippen LogP contribution in [0, 0.1) is 16.6 Å². The van der Waals surface area contributed by atoms with E-state index in [1.54, 1.807) is 12.1 Å². The van der Waals surface area contributed by atoms with Crippen LogP contribution in [-0.2, 0) is 11.2 Å². The van der Waals surface area contributed by atoms with Crippen molar-refractivity contribution in [2.45, 2.75) is 58.9 Å². The molecule has 1 amide bonds. The highest BCUT2D eigenvalue weighted by Gasteiger charge is 2.50. The van der Waals surface area contributed by atoms with Gasteiger partial charge in [0.1, 0.15) is 17.3 Å². The first-order valence-electron chi connectivity index (χ1n) is 9.87. The van der Waals surface area contributed by atoms with Crippen LogP contribution in [0.2, 0.25) is 0 Å². The maximum absolute atomic E-state index is 13.1. The smallest absolute Gasteiger partial charge is 0.223 e. The summed E-state index contributed by atoms with van der Waals surface area (Å²) in [6.45, 7) is 7.87. The van der Waals surface area contributed by atoms with Crippen molar-refractivity contribution < 1.29 is 13.6 Å². The van der Waals surface area contributed by atoms with E-state index in [2.05, 4.69) is 25.7 Å². The quantitative estimate of drug-likeness (QED) is 0.718. The van der Waals surface area contributed by atoms with Crippen molar-refractivity contribution in [3.63, 3.8) is 0 Å². The Hall–Kier alpha value is -2.10. The molecule has 0 radical (unpaired) electrons. The molecule has 1 aromatic carbocycles. The Kier molecular flexibility index (Phi) is 4.40. The molecule has 0 spiro atoms. The van der Waals surface area contributed by atoms with Crippen molar-refractivity contribution in [2.24, 2.45) is 10.8 Å². The minimum absolute atomic E-state index is 0.237. The molecule has 2 heterocycles. The van der Waals surface area contributed by atoms with E-state index >= 15 is 0 Å². The lowest BCUT2D eigenvalue weighted by Crippen LogP contribution is -2.37. The zero-order valence-electron chi connectivity index (χ0n) is 16.4. The molecule has 3 nitrogen and oxygen atoms in total. The number of carbonyl (C=O) groups is 1. The molecule has 1 saturated heterocycles. The molecule has 0 N–H and O–H groups in total. The molecule has 2 bridgehead atoms. The number of rotatable bonds is 4. The largest absolute Gasteiger partial charge is 0.461 e. The predicted molar refractivity (Wildman–Crippen MR) is 104 cm³/mol. The van der Waals surface area contributed by atoms with Crippen LogP contribution in [0.1, 0.15) is 52.2 Å². The van der Waals surface area contributed by atoms with E-state index in [0.29, 0.717) is 30.1 Å². The summed E-state index contributed by atoms with van der Waals surface area (Å²) in [6, 6.07) is 10.4. The lowest BCUT2D eigenvalue weighted by atomic mass is 9.65. The molecule has 1 aromatic heterocycles. The van der Waals surface area contributed by atoms with Gasteiger partial charge in [-0.25, -0.2) is 4.39 Å². The van der Waals surface area contributed by atoms with Gasteiger partial charge in [0.2, 0.25) is 5.91 Å². The molecule has 4 heteroatoms. The standard InChI is InChI=1S/C23H28FNO2/c1-22(2)12-18-13-23(3,14-22)15-25(18)21(26)11-9-19-8-10-20(27-19)16-4-6-17(24)7-5-16/h4-8,10,18H,9,11-15H2,1-3H3. The number of likely N-dealkylation sites (tertiary alicyclic amines) is 1. The molecule has 1 aliphatic carbocycles. The third kappa shape index (κ3) is 3.80. The summed E-state index contributed by atoms with van der Waals surface area (Å²) < 4.78 is 18.9. The number of nitrogens with zero attached hydrogens (tertiary/aromatic N) is 1. The van der Waals surface area contributed by atoms with Crippen LogP contribution < -0.4 is 0 Å². The number of hydrogen-bond donors (Lipinski definition) is 0. The van der Waals surface area contributed by atoms with E-state index in [4.69, 9.17) is 4.42 Å². The Bertz CT molecular complexity index is 838. The fourth-order valence-corrected chi connectivity index (χ4v) is 5.41. The Morgan fingerprint density at radius 1 is 1.15 bits per heavy atom. The SMILES string of the molecule is CC1(C)CC2CC(C)(CN2C(=O)CCc2ccc(-c3ccc(F)cc3)o2)C1. The van der Waals surface area contributed by atoms with Gasteiger partial charge in [0.25, 0.3) is 0 Å². The number of carbonyl (C=O) groups excluding carboxylic acids is 1. The lowest BCUT2D eigenvalue weighted by molar-refractivity contribution is -0.132. The van der Waals surface area contributed by atoms with E-state index in [-0.39, 0.29) is 17.1 Å². The van der Waals surface area contributed by atoms with E-state index in [1.807, 2.05) is 12.1 Å². The van der Waals surface area contributed by atoms with E-state index in [0.717, 1.165) is 30.7 Å². The van der Waals surface area contributed by atoms with Crippen LogP contribution in [-0.4, -0.2) is 23.4 Å². The van der Waals surface area contributed by atoms with Crippen LogP contribution in [0.25, 0.3) is 11.3 Å². The van der Waals surface area contributed by atoms with Crippen LogP contribution >= 0.6 is 0 Å². The first kappa shape index (κ1) is 18.3. The highest BCUT2D eigenvalue weighted by atomic mass is 19.1.